The predicted molar refractivity (Wildman–Crippen MR) is 110 cm³/mol. The summed E-state index contributed by atoms with van der Waals surface area (Å²) in [5, 5.41) is 3.42. The molecule has 2 aromatic carbocycles. The summed E-state index contributed by atoms with van der Waals surface area (Å²) in [4.78, 5) is 8.92. The van der Waals surface area contributed by atoms with E-state index >= 15 is 0 Å². The summed E-state index contributed by atoms with van der Waals surface area (Å²) in [6.45, 7) is 4.07. The van der Waals surface area contributed by atoms with Gasteiger partial charge in [0.25, 0.3) is 0 Å². The molecule has 0 atom stereocenters. The standard InChI is InChI=1S/C21H27FN4O2/c1-23-21(24-15-16-4-9-19(27-2)20(14-16)28-3)26-12-10-25(11-13-26)18-7-5-17(22)6-8-18/h4-9,14H,10-13,15H2,1-3H3,(H,23,24). The number of hydrogen-bond acceptors (Lipinski definition) is 4. The maximum absolute atomic E-state index is 13.1. The number of nitrogens with one attached hydrogen (secondary N) is 1. The van der Waals surface area contributed by atoms with Crippen LogP contribution in [0.2, 0.25) is 0 Å². The van der Waals surface area contributed by atoms with Crippen molar-refractivity contribution in [1.82, 2.24) is 10.2 Å². The van der Waals surface area contributed by atoms with Crippen molar-refractivity contribution in [2.45, 2.75) is 6.54 Å². The van der Waals surface area contributed by atoms with E-state index in [1.54, 1.807) is 21.3 Å². The van der Waals surface area contributed by atoms with Crippen LogP contribution in [0.15, 0.2) is 47.5 Å². The van der Waals surface area contributed by atoms with E-state index in [1.807, 2.05) is 30.3 Å². The third-order valence-electron chi connectivity index (χ3n) is 4.88. The lowest BCUT2D eigenvalue weighted by Gasteiger charge is -2.37. The second-order valence-electron chi connectivity index (χ2n) is 6.54. The first-order valence-electron chi connectivity index (χ1n) is 9.31. The minimum Gasteiger partial charge on any atom is -0.493 e. The van der Waals surface area contributed by atoms with Crippen molar-refractivity contribution >= 4 is 11.6 Å². The summed E-state index contributed by atoms with van der Waals surface area (Å²) >= 11 is 0. The quantitative estimate of drug-likeness (QED) is 0.633. The maximum atomic E-state index is 13.1. The van der Waals surface area contributed by atoms with E-state index in [-0.39, 0.29) is 5.82 Å². The van der Waals surface area contributed by atoms with Crippen LogP contribution in [0, 0.1) is 5.82 Å². The van der Waals surface area contributed by atoms with Gasteiger partial charge in [-0.25, -0.2) is 4.39 Å². The molecule has 1 saturated heterocycles. The highest BCUT2D eigenvalue weighted by molar-refractivity contribution is 5.80. The molecule has 0 amide bonds. The average Bonchev–Trinajstić information content (AvgIpc) is 2.75. The van der Waals surface area contributed by atoms with Gasteiger partial charge in [-0.15, -0.1) is 0 Å². The van der Waals surface area contributed by atoms with E-state index in [0.717, 1.165) is 43.4 Å². The largest absolute Gasteiger partial charge is 0.493 e. The zero-order chi connectivity index (χ0) is 19.9. The van der Waals surface area contributed by atoms with Crippen molar-refractivity contribution in [3.8, 4) is 11.5 Å². The van der Waals surface area contributed by atoms with Crippen molar-refractivity contribution in [2.24, 2.45) is 4.99 Å². The Hall–Kier alpha value is -2.96. The Labute approximate surface area is 165 Å². The summed E-state index contributed by atoms with van der Waals surface area (Å²) < 4.78 is 23.8. The van der Waals surface area contributed by atoms with Crippen LogP contribution in [0.5, 0.6) is 11.5 Å². The number of halogens is 1. The summed E-state index contributed by atoms with van der Waals surface area (Å²) in [7, 11) is 5.06. The zero-order valence-corrected chi connectivity index (χ0v) is 16.6. The van der Waals surface area contributed by atoms with Crippen LogP contribution in [0.4, 0.5) is 10.1 Å². The number of hydrogen-bond donors (Lipinski definition) is 1. The van der Waals surface area contributed by atoms with Crippen LogP contribution < -0.4 is 19.7 Å². The molecule has 1 aliphatic rings. The Kier molecular flexibility index (Phi) is 6.57. The summed E-state index contributed by atoms with van der Waals surface area (Å²) in [5.41, 5.74) is 2.14. The first kappa shape index (κ1) is 19.8. The first-order valence-corrected chi connectivity index (χ1v) is 9.31. The van der Waals surface area contributed by atoms with Gasteiger partial charge in [-0.3, -0.25) is 4.99 Å². The van der Waals surface area contributed by atoms with Gasteiger partial charge in [-0.2, -0.15) is 0 Å². The van der Waals surface area contributed by atoms with Gasteiger partial charge < -0.3 is 24.6 Å². The molecule has 0 aliphatic carbocycles. The van der Waals surface area contributed by atoms with Gasteiger partial charge in [0.1, 0.15) is 5.82 Å². The topological polar surface area (TPSA) is 49.3 Å². The minimum absolute atomic E-state index is 0.206. The molecule has 3 rings (SSSR count). The molecule has 1 N–H and O–H groups in total. The third kappa shape index (κ3) is 4.65. The molecule has 1 fully saturated rings. The number of rotatable bonds is 5. The summed E-state index contributed by atoms with van der Waals surface area (Å²) in [6, 6.07) is 12.5. The molecule has 0 unspecified atom stereocenters. The molecule has 6 nitrogen and oxygen atoms in total. The monoisotopic (exact) mass is 386 g/mol. The number of guanidine groups is 1. The highest BCUT2D eigenvalue weighted by Crippen LogP contribution is 2.27. The van der Waals surface area contributed by atoms with E-state index in [0.29, 0.717) is 18.0 Å². The molecular weight excluding hydrogens is 359 g/mol. The molecule has 7 heteroatoms. The lowest BCUT2D eigenvalue weighted by molar-refractivity contribution is 0.354. The number of benzene rings is 2. The minimum atomic E-state index is -0.206. The molecule has 0 bridgehead atoms. The lowest BCUT2D eigenvalue weighted by atomic mass is 10.2. The molecule has 0 spiro atoms. The lowest BCUT2D eigenvalue weighted by Crippen LogP contribution is -2.52. The van der Waals surface area contributed by atoms with Gasteiger partial charge in [0.15, 0.2) is 17.5 Å². The summed E-state index contributed by atoms with van der Waals surface area (Å²) in [6.07, 6.45) is 0. The van der Waals surface area contributed by atoms with E-state index in [2.05, 4.69) is 20.1 Å². The second-order valence-corrected chi connectivity index (χ2v) is 6.54. The average molecular weight is 386 g/mol. The van der Waals surface area contributed by atoms with Gasteiger partial charge in [0.2, 0.25) is 0 Å². The van der Waals surface area contributed by atoms with Gasteiger partial charge in [-0.1, -0.05) is 6.07 Å². The normalized spacial score (nSPS) is 14.8. The van der Waals surface area contributed by atoms with E-state index in [9.17, 15) is 4.39 Å². The van der Waals surface area contributed by atoms with Crippen LogP contribution in [0.3, 0.4) is 0 Å². The van der Waals surface area contributed by atoms with Crippen molar-refractivity contribution in [1.29, 1.82) is 0 Å². The van der Waals surface area contributed by atoms with E-state index < -0.39 is 0 Å². The Morgan fingerprint density at radius 1 is 1.00 bits per heavy atom. The van der Waals surface area contributed by atoms with Crippen molar-refractivity contribution < 1.29 is 13.9 Å². The highest BCUT2D eigenvalue weighted by atomic mass is 19.1. The number of methoxy groups -OCH3 is 2. The number of aliphatic imine (C=N–C) groups is 1. The SMILES string of the molecule is CN=C(NCc1ccc(OC)c(OC)c1)N1CCN(c2ccc(F)cc2)CC1. The fourth-order valence-electron chi connectivity index (χ4n) is 3.33. The Bertz CT molecular complexity index is 803. The second kappa shape index (κ2) is 9.30. The maximum Gasteiger partial charge on any atom is 0.194 e. The fourth-order valence-corrected chi connectivity index (χ4v) is 3.33. The van der Waals surface area contributed by atoms with Gasteiger partial charge in [-0.05, 0) is 42.0 Å². The van der Waals surface area contributed by atoms with Crippen LogP contribution in [-0.4, -0.2) is 58.3 Å². The summed E-state index contributed by atoms with van der Waals surface area (Å²) in [5.74, 6) is 2.09. The molecule has 150 valence electrons. The molecule has 0 radical (unpaired) electrons. The van der Waals surface area contributed by atoms with Crippen LogP contribution >= 0.6 is 0 Å². The Morgan fingerprint density at radius 2 is 1.68 bits per heavy atom. The zero-order valence-electron chi connectivity index (χ0n) is 16.6. The number of piperazine rings is 1. The van der Waals surface area contributed by atoms with Crippen molar-refractivity contribution in [2.75, 3.05) is 52.3 Å². The Morgan fingerprint density at radius 3 is 2.29 bits per heavy atom. The smallest absolute Gasteiger partial charge is 0.194 e. The van der Waals surface area contributed by atoms with Gasteiger partial charge in [0, 0.05) is 45.5 Å². The number of ether oxygens (including phenoxy) is 2. The third-order valence-corrected chi connectivity index (χ3v) is 4.88. The molecule has 0 saturated carbocycles. The van der Waals surface area contributed by atoms with Crippen LogP contribution in [0.1, 0.15) is 5.56 Å². The van der Waals surface area contributed by atoms with Crippen LogP contribution in [-0.2, 0) is 6.54 Å². The highest BCUT2D eigenvalue weighted by Gasteiger charge is 2.20. The molecular formula is C21H27FN4O2. The van der Waals surface area contributed by atoms with Crippen molar-refractivity contribution in [3.63, 3.8) is 0 Å². The Balaban J connectivity index is 1.56. The van der Waals surface area contributed by atoms with Crippen molar-refractivity contribution in [3.05, 3.63) is 53.8 Å². The molecule has 28 heavy (non-hydrogen) atoms. The van der Waals surface area contributed by atoms with Crippen LogP contribution in [0.25, 0.3) is 0 Å². The number of nitrogens with zero attached hydrogens (tertiary/aromatic N) is 3. The fraction of sp³-hybridized carbons (Fsp3) is 0.381. The van der Waals surface area contributed by atoms with Gasteiger partial charge >= 0.3 is 0 Å². The molecule has 1 aliphatic heterocycles. The molecule has 1 heterocycles. The first-order chi connectivity index (χ1) is 13.6. The molecule has 2 aromatic rings. The molecule has 0 aromatic heterocycles. The van der Waals surface area contributed by atoms with Gasteiger partial charge in [0.05, 0.1) is 14.2 Å². The predicted octanol–water partition coefficient (Wildman–Crippen LogP) is 2.74. The number of anilines is 1. The van der Waals surface area contributed by atoms with E-state index in [1.165, 1.54) is 12.1 Å². The van der Waals surface area contributed by atoms with E-state index in [4.69, 9.17) is 9.47 Å².